The number of alkyl carbamates (subject to hydrolysis) is 1. The molecule has 0 aromatic carbocycles. The first-order valence-corrected chi connectivity index (χ1v) is 5.75. The molecule has 0 aliphatic carbocycles. The van der Waals surface area contributed by atoms with Gasteiger partial charge in [0, 0.05) is 6.54 Å². The number of nitrogens with one attached hydrogen (secondary N) is 2. The molecule has 18 heavy (non-hydrogen) atoms. The van der Waals surface area contributed by atoms with E-state index < -0.39 is 17.2 Å². The summed E-state index contributed by atoms with van der Waals surface area (Å²) >= 11 is 0. The SMILES string of the molecule is C=CC(=O)NC1(CNC(=O)OC(C)(C)C)COC1. The third-order valence-electron chi connectivity index (χ3n) is 2.30. The summed E-state index contributed by atoms with van der Waals surface area (Å²) in [7, 11) is 0. The van der Waals surface area contributed by atoms with Crippen LogP contribution in [0.4, 0.5) is 4.79 Å². The molecule has 1 aliphatic rings. The smallest absolute Gasteiger partial charge is 0.407 e. The van der Waals surface area contributed by atoms with Gasteiger partial charge in [-0.05, 0) is 26.8 Å². The first-order chi connectivity index (χ1) is 8.26. The van der Waals surface area contributed by atoms with E-state index in [1.807, 2.05) is 0 Å². The Kier molecular flexibility index (Phi) is 4.34. The van der Waals surface area contributed by atoms with Gasteiger partial charge in [-0.1, -0.05) is 6.58 Å². The first-order valence-electron chi connectivity index (χ1n) is 5.75. The van der Waals surface area contributed by atoms with Crippen LogP contribution >= 0.6 is 0 Å². The summed E-state index contributed by atoms with van der Waals surface area (Å²) < 4.78 is 10.2. The highest BCUT2D eigenvalue weighted by molar-refractivity contribution is 5.87. The van der Waals surface area contributed by atoms with Crippen molar-refractivity contribution in [3.63, 3.8) is 0 Å². The second kappa shape index (κ2) is 5.39. The highest BCUT2D eigenvalue weighted by atomic mass is 16.6. The number of amides is 2. The number of rotatable bonds is 4. The van der Waals surface area contributed by atoms with Crippen molar-refractivity contribution in [3.05, 3.63) is 12.7 Å². The number of hydrogen-bond donors (Lipinski definition) is 2. The molecular weight excluding hydrogens is 236 g/mol. The molecule has 1 saturated heterocycles. The highest BCUT2D eigenvalue weighted by Crippen LogP contribution is 2.16. The van der Waals surface area contributed by atoms with Crippen LogP contribution in [0.1, 0.15) is 20.8 Å². The molecule has 0 spiro atoms. The summed E-state index contributed by atoms with van der Waals surface area (Å²) in [6.07, 6.45) is 0.676. The van der Waals surface area contributed by atoms with Gasteiger partial charge in [-0.15, -0.1) is 0 Å². The van der Waals surface area contributed by atoms with E-state index in [1.165, 1.54) is 6.08 Å². The lowest BCUT2D eigenvalue weighted by Crippen LogP contribution is -2.67. The number of carbonyl (C=O) groups excluding carboxylic acids is 2. The van der Waals surface area contributed by atoms with E-state index in [0.29, 0.717) is 13.2 Å². The zero-order valence-corrected chi connectivity index (χ0v) is 11.0. The van der Waals surface area contributed by atoms with E-state index in [0.717, 1.165) is 0 Å². The van der Waals surface area contributed by atoms with Gasteiger partial charge in [0.25, 0.3) is 0 Å². The Morgan fingerprint density at radius 2 is 2.06 bits per heavy atom. The zero-order valence-electron chi connectivity index (χ0n) is 11.0. The van der Waals surface area contributed by atoms with Gasteiger partial charge in [0.05, 0.1) is 13.2 Å². The summed E-state index contributed by atoms with van der Waals surface area (Å²) in [6.45, 7) is 9.73. The van der Waals surface area contributed by atoms with Gasteiger partial charge in [0.15, 0.2) is 0 Å². The molecule has 1 heterocycles. The maximum Gasteiger partial charge on any atom is 0.407 e. The highest BCUT2D eigenvalue weighted by Gasteiger charge is 2.40. The van der Waals surface area contributed by atoms with Crippen molar-refractivity contribution in [2.75, 3.05) is 19.8 Å². The molecule has 6 heteroatoms. The molecule has 2 N–H and O–H groups in total. The lowest BCUT2D eigenvalue weighted by Gasteiger charge is -2.41. The normalized spacial score (nSPS) is 17.3. The summed E-state index contributed by atoms with van der Waals surface area (Å²) in [5.41, 5.74) is -1.10. The van der Waals surface area contributed by atoms with E-state index in [-0.39, 0.29) is 12.5 Å². The molecule has 0 saturated carbocycles. The van der Waals surface area contributed by atoms with Crippen molar-refractivity contribution in [3.8, 4) is 0 Å². The second-order valence-corrected chi connectivity index (χ2v) is 5.32. The van der Waals surface area contributed by atoms with E-state index in [9.17, 15) is 9.59 Å². The minimum absolute atomic E-state index is 0.265. The first kappa shape index (κ1) is 14.5. The third-order valence-corrected chi connectivity index (χ3v) is 2.30. The van der Waals surface area contributed by atoms with Gasteiger partial charge in [-0.2, -0.15) is 0 Å². The van der Waals surface area contributed by atoms with Gasteiger partial charge in [0.2, 0.25) is 5.91 Å². The Balaban J connectivity index is 2.42. The summed E-state index contributed by atoms with van der Waals surface area (Å²) in [5.74, 6) is -0.288. The summed E-state index contributed by atoms with van der Waals surface area (Å²) in [5, 5.41) is 5.37. The largest absolute Gasteiger partial charge is 0.444 e. The number of hydrogen-bond acceptors (Lipinski definition) is 4. The van der Waals surface area contributed by atoms with Crippen LogP contribution in [0.25, 0.3) is 0 Å². The van der Waals surface area contributed by atoms with Crippen LogP contribution in [-0.2, 0) is 14.3 Å². The fraction of sp³-hybridized carbons (Fsp3) is 0.667. The van der Waals surface area contributed by atoms with Gasteiger partial charge in [-0.25, -0.2) is 4.79 Å². The molecule has 0 aromatic rings. The molecule has 1 fully saturated rings. The van der Waals surface area contributed by atoms with Gasteiger partial charge >= 0.3 is 6.09 Å². The van der Waals surface area contributed by atoms with Crippen LogP contribution in [0, 0.1) is 0 Å². The van der Waals surface area contributed by atoms with Crippen LogP contribution in [0.2, 0.25) is 0 Å². The predicted octanol–water partition coefficient (Wildman–Crippen LogP) is 0.582. The van der Waals surface area contributed by atoms with Crippen molar-refractivity contribution >= 4 is 12.0 Å². The van der Waals surface area contributed by atoms with Crippen molar-refractivity contribution < 1.29 is 19.1 Å². The molecular formula is C12H20N2O4. The Hall–Kier alpha value is -1.56. The monoisotopic (exact) mass is 256 g/mol. The van der Waals surface area contributed by atoms with Crippen molar-refractivity contribution in [1.29, 1.82) is 0 Å². The van der Waals surface area contributed by atoms with Crippen LogP contribution in [-0.4, -0.2) is 42.9 Å². The van der Waals surface area contributed by atoms with E-state index >= 15 is 0 Å². The number of carbonyl (C=O) groups is 2. The maximum absolute atomic E-state index is 11.5. The molecule has 0 atom stereocenters. The molecule has 0 unspecified atom stereocenters. The number of ether oxygens (including phenoxy) is 2. The summed E-state index contributed by atoms with van der Waals surface area (Å²) in [4.78, 5) is 22.8. The lowest BCUT2D eigenvalue weighted by atomic mass is 9.97. The Morgan fingerprint density at radius 1 is 1.44 bits per heavy atom. The van der Waals surface area contributed by atoms with Crippen LogP contribution in [0.5, 0.6) is 0 Å². The fourth-order valence-electron chi connectivity index (χ4n) is 1.43. The summed E-state index contributed by atoms with van der Waals surface area (Å²) in [6, 6.07) is 0. The Bertz CT molecular complexity index is 342. The average Bonchev–Trinajstić information content (AvgIpc) is 2.18. The molecule has 0 radical (unpaired) electrons. The van der Waals surface area contributed by atoms with E-state index in [4.69, 9.17) is 9.47 Å². The molecule has 1 rings (SSSR count). The molecule has 102 valence electrons. The Labute approximate surface area is 107 Å². The minimum Gasteiger partial charge on any atom is -0.444 e. The van der Waals surface area contributed by atoms with Crippen LogP contribution < -0.4 is 10.6 Å². The molecule has 0 aromatic heterocycles. The molecule has 0 bridgehead atoms. The van der Waals surface area contributed by atoms with E-state index in [1.54, 1.807) is 20.8 Å². The van der Waals surface area contributed by atoms with Crippen LogP contribution in [0.15, 0.2) is 12.7 Å². The zero-order chi connectivity index (χ0) is 13.8. The van der Waals surface area contributed by atoms with Crippen molar-refractivity contribution in [2.24, 2.45) is 0 Å². The van der Waals surface area contributed by atoms with Crippen molar-refractivity contribution in [1.82, 2.24) is 10.6 Å². The molecule has 1 aliphatic heterocycles. The van der Waals surface area contributed by atoms with Crippen LogP contribution in [0.3, 0.4) is 0 Å². The third kappa shape index (κ3) is 4.37. The van der Waals surface area contributed by atoms with Gasteiger partial charge in [0.1, 0.15) is 11.1 Å². The Morgan fingerprint density at radius 3 is 2.44 bits per heavy atom. The van der Waals surface area contributed by atoms with Crippen molar-refractivity contribution in [2.45, 2.75) is 31.9 Å². The maximum atomic E-state index is 11.5. The van der Waals surface area contributed by atoms with Gasteiger partial charge in [-0.3, -0.25) is 4.79 Å². The average molecular weight is 256 g/mol. The predicted molar refractivity (Wildman–Crippen MR) is 66.1 cm³/mol. The lowest BCUT2D eigenvalue weighted by molar-refractivity contribution is -0.127. The fourth-order valence-corrected chi connectivity index (χ4v) is 1.43. The second-order valence-electron chi connectivity index (χ2n) is 5.32. The topological polar surface area (TPSA) is 76.7 Å². The standard InChI is InChI=1S/C12H20N2O4/c1-5-9(15)14-12(7-17-8-12)6-13-10(16)18-11(2,3)4/h5H,1,6-8H2,2-4H3,(H,13,16)(H,14,15). The van der Waals surface area contributed by atoms with E-state index in [2.05, 4.69) is 17.2 Å². The molecule has 2 amide bonds. The van der Waals surface area contributed by atoms with Gasteiger partial charge < -0.3 is 20.1 Å². The quantitative estimate of drug-likeness (QED) is 0.721. The minimum atomic E-state index is -0.553. The molecule has 6 nitrogen and oxygen atoms in total.